The van der Waals surface area contributed by atoms with Crippen molar-refractivity contribution in [3.05, 3.63) is 36.8 Å². The largest absolute Gasteiger partial charge is 4.00 e. The van der Waals surface area contributed by atoms with Crippen molar-refractivity contribution in [2.75, 3.05) is 0 Å². The molecular weight excluding hydrogens is 182 g/mol. The van der Waals surface area contributed by atoms with Crippen molar-refractivity contribution in [2.24, 2.45) is 0 Å². The van der Waals surface area contributed by atoms with E-state index in [9.17, 15) is 0 Å². The summed E-state index contributed by atoms with van der Waals surface area (Å²) < 4.78 is 0. The van der Waals surface area contributed by atoms with Gasteiger partial charge in [-0.05, 0) is 0 Å². The van der Waals surface area contributed by atoms with Gasteiger partial charge in [-0.1, -0.05) is 0 Å². The Morgan fingerprint density at radius 1 is 1.00 bits per heavy atom. The van der Waals surface area contributed by atoms with E-state index >= 15 is 0 Å². The summed E-state index contributed by atoms with van der Waals surface area (Å²) in [4.78, 5) is 0. The maximum Gasteiger partial charge on any atom is 4.00 e. The standard InChI is InChI=1S/C5H5.C3H7.2FH.Ti/c1-2-4-5-3-1;1-3-2;;;/h1-5H;3H,1-2H3;2*1H;/q2*-1;;;+4/p-2. The van der Waals surface area contributed by atoms with E-state index in [-0.39, 0.29) is 31.1 Å². The average Bonchev–Trinajstić information content (AvgIpc) is 2.17. The number of halogens is 2. The summed E-state index contributed by atoms with van der Waals surface area (Å²) >= 11 is 0. The SMILES string of the molecule is C[CH-]C.[F-].[F-].[Ti+4].c1cc[cH-]c1. The summed E-state index contributed by atoms with van der Waals surface area (Å²) in [6, 6.07) is 10.0. The van der Waals surface area contributed by atoms with Gasteiger partial charge in [-0.25, -0.2) is 12.1 Å². The summed E-state index contributed by atoms with van der Waals surface area (Å²) in [7, 11) is 0. The van der Waals surface area contributed by atoms with Crippen LogP contribution in [-0.4, -0.2) is 0 Å². The van der Waals surface area contributed by atoms with Crippen LogP contribution in [-0.2, 0) is 21.7 Å². The van der Waals surface area contributed by atoms with E-state index in [1.165, 1.54) is 0 Å². The Morgan fingerprint density at radius 2 is 1.27 bits per heavy atom. The second kappa shape index (κ2) is 22.5. The zero-order chi connectivity index (χ0) is 6.24. The first-order chi connectivity index (χ1) is 3.91. The van der Waals surface area contributed by atoms with Crippen molar-refractivity contribution in [1.29, 1.82) is 0 Å². The van der Waals surface area contributed by atoms with Gasteiger partial charge in [-0.15, -0.1) is 0 Å². The van der Waals surface area contributed by atoms with Gasteiger partial charge >= 0.3 is 21.7 Å². The minimum Gasteiger partial charge on any atom is -1.00 e. The van der Waals surface area contributed by atoms with Crippen LogP contribution in [0, 0.1) is 6.42 Å². The van der Waals surface area contributed by atoms with Crippen LogP contribution in [0.15, 0.2) is 30.3 Å². The van der Waals surface area contributed by atoms with E-state index in [1.807, 2.05) is 50.6 Å². The molecule has 0 unspecified atom stereocenters. The molecule has 0 spiro atoms. The quantitative estimate of drug-likeness (QED) is 0.299. The molecule has 0 fully saturated rings. The van der Waals surface area contributed by atoms with E-state index in [0.29, 0.717) is 0 Å². The molecule has 0 aliphatic rings. The zero-order valence-corrected chi connectivity index (χ0v) is 8.28. The first-order valence-corrected chi connectivity index (χ1v) is 2.82. The Kier molecular flexibility index (Phi) is 45.9. The molecule has 0 saturated carbocycles. The Labute approximate surface area is 82.0 Å². The van der Waals surface area contributed by atoms with Gasteiger partial charge in [-0.3, -0.25) is 0 Å². The minimum absolute atomic E-state index is 0. The predicted molar refractivity (Wildman–Crippen MR) is 37.7 cm³/mol. The van der Waals surface area contributed by atoms with Gasteiger partial charge in [0.05, 0.1) is 0 Å². The van der Waals surface area contributed by atoms with Crippen LogP contribution in [0.5, 0.6) is 0 Å². The Balaban J connectivity index is -0.0000000379. The average molecular weight is 194 g/mol. The van der Waals surface area contributed by atoms with Crippen LogP contribution in [0.2, 0.25) is 0 Å². The second-order valence-electron chi connectivity index (χ2n) is 1.54. The molecule has 0 saturated heterocycles. The summed E-state index contributed by atoms with van der Waals surface area (Å²) in [6.45, 7) is 4.00. The fraction of sp³-hybridized carbons (Fsp3) is 0.250. The second-order valence-corrected chi connectivity index (χ2v) is 1.54. The molecule has 0 nitrogen and oxygen atoms in total. The van der Waals surface area contributed by atoms with Crippen LogP contribution in [0.4, 0.5) is 0 Å². The van der Waals surface area contributed by atoms with Gasteiger partial charge < -0.3 is 15.8 Å². The van der Waals surface area contributed by atoms with Crippen molar-refractivity contribution >= 4 is 0 Å². The number of rotatable bonds is 0. The molecule has 0 amide bonds. The van der Waals surface area contributed by atoms with Crippen LogP contribution >= 0.6 is 0 Å². The molecule has 0 aromatic heterocycles. The minimum atomic E-state index is 0. The topological polar surface area (TPSA) is 0 Å². The molecule has 11 heavy (non-hydrogen) atoms. The number of hydrogen-bond acceptors (Lipinski definition) is 0. The van der Waals surface area contributed by atoms with Crippen molar-refractivity contribution < 1.29 is 31.1 Å². The third-order valence-corrected chi connectivity index (χ3v) is 0.556. The Morgan fingerprint density at radius 3 is 1.36 bits per heavy atom. The van der Waals surface area contributed by atoms with Crippen molar-refractivity contribution in [3.63, 3.8) is 0 Å². The first-order valence-electron chi connectivity index (χ1n) is 2.82. The molecule has 1 aromatic rings. The monoisotopic (exact) mass is 194 g/mol. The molecule has 0 atom stereocenters. The fourth-order valence-corrected chi connectivity index (χ4v) is 0.321. The van der Waals surface area contributed by atoms with Crippen molar-refractivity contribution in [1.82, 2.24) is 0 Å². The van der Waals surface area contributed by atoms with E-state index in [1.54, 1.807) is 0 Å². The third-order valence-electron chi connectivity index (χ3n) is 0.556. The number of hydrogen-bond donors (Lipinski definition) is 0. The smallest absolute Gasteiger partial charge is 1.00 e. The maximum absolute atomic E-state index is 2.00. The van der Waals surface area contributed by atoms with Crippen LogP contribution in [0.1, 0.15) is 13.8 Å². The molecule has 0 aliphatic carbocycles. The molecular formula is C8H12F2Ti. The molecule has 3 heteroatoms. The van der Waals surface area contributed by atoms with Crippen molar-refractivity contribution in [3.8, 4) is 0 Å². The van der Waals surface area contributed by atoms with Gasteiger partial charge in [0.1, 0.15) is 0 Å². The normalized spacial score (nSPS) is 5.27. The molecule has 0 radical (unpaired) electrons. The molecule has 0 N–H and O–H groups in total. The zero-order valence-electron chi connectivity index (χ0n) is 6.72. The molecule has 0 aliphatic heterocycles. The summed E-state index contributed by atoms with van der Waals surface area (Å²) in [5.74, 6) is 0. The van der Waals surface area contributed by atoms with Gasteiger partial charge in [0.15, 0.2) is 0 Å². The first kappa shape index (κ1) is 22.4. The summed E-state index contributed by atoms with van der Waals surface area (Å²) in [5.41, 5.74) is 0. The Bertz CT molecular complexity index is 79.0. The van der Waals surface area contributed by atoms with Gasteiger partial charge in [0, 0.05) is 0 Å². The molecule has 62 valence electrons. The summed E-state index contributed by atoms with van der Waals surface area (Å²) in [6.07, 6.45) is 2.00. The molecule has 1 aromatic carbocycles. The van der Waals surface area contributed by atoms with Crippen LogP contribution < -0.4 is 9.41 Å². The fourth-order valence-electron chi connectivity index (χ4n) is 0.321. The van der Waals surface area contributed by atoms with E-state index in [4.69, 9.17) is 0 Å². The van der Waals surface area contributed by atoms with E-state index in [0.717, 1.165) is 0 Å². The maximum atomic E-state index is 2.00. The van der Waals surface area contributed by atoms with Crippen LogP contribution in [0.25, 0.3) is 0 Å². The van der Waals surface area contributed by atoms with Gasteiger partial charge in [-0.2, -0.15) is 32.0 Å². The van der Waals surface area contributed by atoms with Crippen LogP contribution in [0.3, 0.4) is 0 Å². The Hall–Kier alpha value is -0.0757. The van der Waals surface area contributed by atoms with Gasteiger partial charge in [0.25, 0.3) is 0 Å². The third kappa shape index (κ3) is 25.7. The van der Waals surface area contributed by atoms with E-state index < -0.39 is 0 Å². The molecule has 1 rings (SSSR count). The van der Waals surface area contributed by atoms with E-state index in [2.05, 4.69) is 0 Å². The summed E-state index contributed by atoms with van der Waals surface area (Å²) in [5, 5.41) is 0. The van der Waals surface area contributed by atoms with Gasteiger partial charge in [0.2, 0.25) is 0 Å². The predicted octanol–water partition coefficient (Wildman–Crippen LogP) is -3.36. The molecule has 0 bridgehead atoms. The molecule has 0 heterocycles. The van der Waals surface area contributed by atoms with Crippen molar-refractivity contribution in [2.45, 2.75) is 13.8 Å².